The summed E-state index contributed by atoms with van der Waals surface area (Å²) >= 11 is 1.59. The molecule has 2 aromatic carbocycles. The molecule has 2 saturated heterocycles. The van der Waals surface area contributed by atoms with Crippen LogP contribution in [0.4, 0.5) is 10.2 Å². The molecule has 2 atom stereocenters. The topological polar surface area (TPSA) is 66.2 Å². The minimum absolute atomic E-state index is 0.153. The molecule has 1 amide bonds. The summed E-state index contributed by atoms with van der Waals surface area (Å²) in [6.07, 6.45) is 5.41. The highest BCUT2D eigenvalue weighted by Crippen LogP contribution is 2.40. The van der Waals surface area contributed by atoms with E-state index < -0.39 is 0 Å². The first-order valence-electron chi connectivity index (χ1n) is 14.6. The van der Waals surface area contributed by atoms with Gasteiger partial charge in [-0.05, 0) is 86.0 Å². The standard InChI is InChI=1S/C32H35FN6O2S/c1-4-29(40)39-15-14-38(19-23(39)18-34-2)31-26-10-9-21(24-11-12-27(33)30-25(24)8-6-16-42-30)17-28(26)35-32(36-31)41-20-22-7-5-13-37(22)3/h4,9-12,17,22-23H,1,5-8,13-16,18-20H2,3H3/t22-,23-/m0/s1. The van der Waals surface area contributed by atoms with E-state index in [1.807, 2.05) is 12.1 Å². The van der Waals surface area contributed by atoms with Gasteiger partial charge in [0.2, 0.25) is 12.5 Å². The number of fused-ring (bicyclic) bond motifs is 2. The Labute approximate surface area is 250 Å². The molecule has 0 aliphatic carbocycles. The number of ether oxygens (including phenoxy) is 1. The maximum Gasteiger partial charge on any atom is 0.319 e. The molecule has 6 rings (SSSR count). The lowest BCUT2D eigenvalue weighted by Gasteiger charge is -2.39. The van der Waals surface area contributed by atoms with Gasteiger partial charge < -0.3 is 24.3 Å². The third kappa shape index (κ3) is 5.55. The first-order valence-corrected chi connectivity index (χ1v) is 15.6. The number of amides is 1. The van der Waals surface area contributed by atoms with Crippen LogP contribution >= 0.6 is 11.8 Å². The Hall–Kier alpha value is -3.68. The molecule has 10 heteroatoms. The number of carbonyl (C=O) groups is 1. The fourth-order valence-corrected chi connectivity index (χ4v) is 7.42. The second-order valence-electron chi connectivity index (χ2n) is 11.2. The molecule has 8 nitrogen and oxygen atoms in total. The number of hydrogen-bond donors (Lipinski definition) is 0. The van der Waals surface area contributed by atoms with Crippen molar-refractivity contribution in [1.82, 2.24) is 19.8 Å². The molecular weight excluding hydrogens is 551 g/mol. The van der Waals surface area contributed by atoms with Crippen molar-refractivity contribution >= 4 is 34.4 Å². The van der Waals surface area contributed by atoms with Crippen LogP contribution < -0.4 is 9.64 Å². The second-order valence-corrected chi connectivity index (χ2v) is 12.3. The van der Waals surface area contributed by atoms with E-state index in [1.54, 1.807) is 22.7 Å². The van der Waals surface area contributed by atoms with Crippen LogP contribution in [0.25, 0.3) is 26.9 Å². The number of hydrogen-bond acceptors (Lipinski definition) is 7. The fourth-order valence-electron chi connectivity index (χ4n) is 6.34. The molecule has 1 aromatic heterocycles. The first kappa shape index (κ1) is 28.4. The Morgan fingerprint density at radius 2 is 2.10 bits per heavy atom. The van der Waals surface area contributed by atoms with Gasteiger partial charge in [-0.3, -0.25) is 4.79 Å². The third-order valence-corrected chi connectivity index (χ3v) is 9.84. The summed E-state index contributed by atoms with van der Waals surface area (Å²) in [5.41, 5.74) is 3.83. The monoisotopic (exact) mass is 586 g/mol. The number of rotatable bonds is 7. The Balaban J connectivity index is 1.39. The highest BCUT2D eigenvalue weighted by Gasteiger charge is 2.33. The van der Waals surface area contributed by atoms with E-state index in [9.17, 15) is 9.18 Å². The molecule has 0 saturated carbocycles. The molecule has 0 unspecified atom stereocenters. The van der Waals surface area contributed by atoms with Gasteiger partial charge in [0, 0.05) is 36.0 Å². The summed E-state index contributed by atoms with van der Waals surface area (Å²) in [4.78, 5) is 32.8. The fraction of sp³-hybridized carbons (Fsp3) is 0.438. The predicted molar refractivity (Wildman–Crippen MR) is 165 cm³/mol. The van der Waals surface area contributed by atoms with Crippen molar-refractivity contribution in [3.8, 4) is 17.1 Å². The van der Waals surface area contributed by atoms with Gasteiger partial charge in [-0.2, -0.15) is 9.97 Å². The summed E-state index contributed by atoms with van der Waals surface area (Å²) < 4.78 is 20.9. The highest BCUT2D eigenvalue weighted by molar-refractivity contribution is 7.99. The molecule has 0 radical (unpaired) electrons. The van der Waals surface area contributed by atoms with Gasteiger partial charge in [0.1, 0.15) is 24.3 Å². The Morgan fingerprint density at radius 1 is 1.21 bits per heavy atom. The Kier molecular flexibility index (Phi) is 8.31. The molecule has 2 fully saturated rings. The summed E-state index contributed by atoms with van der Waals surface area (Å²) in [6, 6.07) is 9.95. The number of nitrogens with zero attached hydrogens (tertiary/aromatic N) is 6. The predicted octanol–water partition coefficient (Wildman–Crippen LogP) is 5.07. The number of thioether (sulfide) groups is 1. The van der Waals surface area contributed by atoms with Crippen LogP contribution in [0.3, 0.4) is 0 Å². The molecule has 0 N–H and O–H groups in total. The van der Waals surface area contributed by atoms with E-state index in [4.69, 9.17) is 21.3 Å². The molecule has 3 aromatic rings. The number of halogens is 1. The lowest BCUT2D eigenvalue weighted by Crippen LogP contribution is -2.56. The van der Waals surface area contributed by atoms with Gasteiger partial charge in [-0.25, -0.2) is 11.0 Å². The van der Waals surface area contributed by atoms with E-state index in [0.717, 1.165) is 76.3 Å². The maximum atomic E-state index is 14.6. The third-order valence-electron chi connectivity index (χ3n) is 8.62. The van der Waals surface area contributed by atoms with Crippen LogP contribution in [0.2, 0.25) is 0 Å². The van der Waals surface area contributed by atoms with Crippen molar-refractivity contribution in [2.75, 3.05) is 57.0 Å². The molecule has 4 heterocycles. The second kappa shape index (κ2) is 12.3. The van der Waals surface area contributed by atoms with E-state index in [2.05, 4.69) is 40.4 Å². The molecular formula is C32H35FN6O2S. The van der Waals surface area contributed by atoms with Crippen molar-refractivity contribution < 1.29 is 13.9 Å². The van der Waals surface area contributed by atoms with Gasteiger partial charge in [-0.15, -0.1) is 11.8 Å². The largest absolute Gasteiger partial charge is 0.462 e. The summed E-state index contributed by atoms with van der Waals surface area (Å²) in [5, 5.41) is 0.875. The van der Waals surface area contributed by atoms with Gasteiger partial charge in [0.25, 0.3) is 0 Å². The minimum Gasteiger partial charge on any atom is -0.462 e. The van der Waals surface area contributed by atoms with Crippen LogP contribution in [0.5, 0.6) is 6.01 Å². The van der Waals surface area contributed by atoms with E-state index in [-0.39, 0.29) is 24.3 Å². The van der Waals surface area contributed by atoms with Gasteiger partial charge >= 0.3 is 6.01 Å². The summed E-state index contributed by atoms with van der Waals surface area (Å²) in [5.74, 6) is 1.35. The van der Waals surface area contributed by atoms with Crippen molar-refractivity contribution in [2.24, 2.45) is 0 Å². The quantitative estimate of drug-likeness (QED) is 0.283. The normalized spacial score (nSPS) is 20.8. The van der Waals surface area contributed by atoms with Gasteiger partial charge in [0.05, 0.1) is 5.52 Å². The lowest BCUT2D eigenvalue weighted by atomic mass is 9.95. The highest BCUT2D eigenvalue weighted by atomic mass is 32.2. The van der Waals surface area contributed by atoms with Crippen LogP contribution in [0.1, 0.15) is 24.8 Å². The summed E-state index contributed by atoms with van der Waals surface area (Å²) in [6.45, 7) is 14.4. The van der Waals surface area contributed by atoms with Crippen LogP contribution in [-0.2, 0) is 11.2 Å². The van der Waals surface area contributed by atoms with Crippen molar-refractivity contribution in [2.45, 2.75) is 42.7 Å². The zero-order valence-corrected chi connectivity index (χ0v) is 24.7. The number of benzene rings is 2. The molecule has 0 spiro atoms. The maximum absolute atomic E-state index is 14.6. The van der Waals surface area contributed by atoms with Gasteiger partial charge in [0.15, 0.2) is 0 Å². The average Bonchev–Trinajstić information content (AvgIpc) is 3.43. The number of anilines is 1. The Bertz CT molecular complexity index is 1560. The lowest BCUT2D eigenvalue weighted by molar-refractivity contribution is -0.128. The van der Waals surface area contributed by atoms with E-state index in [0.29, 0.717) is 38.3 Å². The Morgan fingerprint density at radius 3 is 2.88 bits per heavy atom. The molecule has 42 heavy (non-hydrogen) atoms. The zero-order valence-electron chi connectivity index (χ0n) is 23.9. The number of aromatic nitrogens is 2. The van der Waals surface area contributed by atoms with Crippen LogP contribution in [0.15, 0.2) is 47.9 Å². The van der Waals surface area contributed by atoms with Crippen molar-refractivity contribution in [3.63, 3.8) is 0 Å². The van der Waals surface area contributed by atoms with Crippen molar-refractivity contribution in [1.29, 1.82) is 0 Å². The SMILES string of the molecule is [C-]#[N+]C[C@H]1CN(c2nc(OC[C@@H]3CCCN3C)nc3cc(-c4ccc(F)c5c4CCCS5)ccc23)CCN1C(=O)C=C. The number of likely N-dealkylation sites (N-methyl/N-ethyl adjacent to an activating group) is 1. The number of carbonyl (C=O) groups excluding carboxylic acids is 1. The summed E-state index contributed by atoms with van der Waals surface area (Å²) in [7, 11) is 2.11. The number of likely N-dealkylation sites (tertiary alicyclic amines) is 1. The van der Waals surface area contributed by atoms with Gasteiger partial charge in [-0.1, -0.05) is 18.7 Å². The molecule has 0 bridgehead atoms. The van der Waals surface area contributed by atoms with Crippen molar-refractivity contribution in [3.05, 3.63) is 65.8 Å². The first-order chi connectivity index (χ1) is 20.5. The zero-order chi connectivity index (χ0) is 29.2. The molecule has 3 aliphatic heterocycles. The molecule has 3 aliphatic rings. The minimum atomic E-state index is -0.272. The average molecular weight is 587 g/mol. The van der Waals surface area contributed by atoms with Crippen LogP contribution in [-0.4, -0.2) is 89.9 Å². The number of piperazine rings is 1. The molecule has 218 valence electrons. The van der Waals surface area contributed by atoms with E-state index >= 15 is 0 Å². The van der Waals surface area contributed by atoms with Crippen LogP contribution in [0, 0.1) is 12.4 Å². The smallest absolute Gasteiger partial charge is 0.319 e. The van der Waals surface area contributed by atoms with E-state index in [1.165, 1.54) is 6.08 Å².